The molecule has 1 heterocycles. The predicted octanol–water partition coefficient (Wildman–Crippen LogP) is 3.04. The van der Waals surface area contributed by atoms with Gasteiger partial charge in [-0.3, -0.25) is 9.36 Å². The fraction of sp³-hybridized carbons (Fsp3) is 0.500. The summed E-state index contributed by atoms with van der Waals surface area (Å²) in [4.78, 5) is 19.4. The van der Waals surface area contributed by atoms with Crippen LogP contribution in [0.1, 0.15) is 31.0 Å². The third-order valence-electron chi connectivity index (χ3n) is 3.48. The molecule has 4 nitrogen and oxygen atoms in total. The van der Waals surface area contributed by atoms with Crippen molar-refractivity contribution >= 4 is 22.5 Å². The Bertz CT molecular complexity index is 664. The van der Waals surface area contributed by atoms with E-state index in [0.29, 0.717) is 17.8 Å². The summed E-state index contributed by atoms with van der Waals surface area (Å²) >= 11 is 6.21. The average Bonchev–Trinajstić information content (AvgIpc) is 2.44. The lowest BCUT2D eigenvalue weighted by Crippen LogP contribution is -2.26. The first-order chi connectivity index (χ1) is 10.0. The Labute approximate surface area is 130 Å². The molecule has 0 N–H and O–H groups in total. The summed E-state index contributed by atoms with van der Waals surface area (Å²) in [5, 5.41) is 0.377. The SMILES string of the molecule is CC(Cl)c1nc2ccccc2c(=O)n1CCCCN(C)C. The van der Waals surface area contributed by atoms with Crippen LogP contribution < -0.4 is 5.56 Å². The van der Waals surface area contributed by atoms with E-state index < -0.39 is 0 Å². The van der Waals surface area contributed by atoms with Crippen LogP contribution >= 0.6 is 11.6 Å². The van der Waals surface area contributed by atoms with Gasteiger partial charge in [-0.15, -0.1) is 11.6 Å². The zero-order chi connectivity index (χ0) is 15.4. The summed E-state index contributed by atoms with van der Waals surface area (Å²) < 4.78 is 1.73. The van der Waals surface area contributed by atoms with E-state index in [2.05, 4.69) is 24.0 Å². The molecule has 0 saturated heterocycles. The van der Waals surface area contributed by atoms with Crippen molar-refractivity contribution in [2.75, 3.05) is 20.6 Å². The van der Waals surface area contributed by atoms with Crippen LogP contribution in [0.4, 0.5) is 0 Å². The molecule has 1 atom stereocenters. The maximum absolute atomic E-state index is 12.6. The summed E-state index contributed by atoms with van der Waals surface area (Å²) in [6.07, 6.45) is 1.98. The smallest absolute Gasteiger partial charge is 0.261 e. The van der Waals surface area contributed by atoms with Crippen molar-refractivity contribution in [1.29, 1.82) is 0 Å². The topological polar surface area (TPSA) is 38.1 Å². The molecule has 1 unspecified atom stereocenters. The third kappa shape index (κ3) is 3.83. The highest BCUT2D eigenvalue weighted by molar-refractivity contribution is 6.20. The van der Waals surface area contributed by atoms with Gasteiger partial charge < -0.3 is 4.90 Å². The van der Waals surface area contributed by atoms with Gasteiger partial charge in [0, 0.05) is 6.54 Å². The zero-order valence-corrected chi connectivity index (χ0v) is 13.6. The molecule has 1 aromatic carbocycles. The van der Waals surface area contributed by atoms with Crippen molar-refractivity contribution < 1.29 is 0 Å². The lowest BCUT2D eigenvalue weighted by atomic mass is 10.2. The average molecular weight is 308 g/mol. The Morgan fingerprint density at radius 2 is 2.00 bits per heavy atom. The second kappa shape index (κ2) is 7.05. The van der Waals surface area contributed by atoms with Crippen LogP contribution in [0, 0.1) is 0 Å². The van der Waals surface area contributed by atoms with Gasteiger partial charge in [0.1, 0.15) is 5.82 Å². The molecule has 0 aliphatic carbocycles. The minimum Gasteiger partial charge on any atom is -0.309 e. The fourth-order valence-corrected chi connectivity index (χ4v) is 2.57. The van der Waals surface area contributed by atoms with Crippen molar-refractivity contribution in [3.63, 3.8) is 0 Å². The highest BCUT2D eigenvalue weighted by atomic mass is 35.5. The summed E-state index contributed by atoms with van der Waals surface area (Å²) in [6.45, 7) is 3.53. The van der Waals surface area contributed by atoms with Crippen molar-refractivity contribution in [2.24, 2.45) is 0 Å². The van der Waals surface area contributed by atoms with Crippen molar-refractivity contribution in [3.8, 4) is 0 Å². The summed E-state index contributed by atoms with van der Waals surface area (Å²) in [7, 11) is 4.10. The number of unbranched alkanes of at least 4 members (excludes halogenated alkanes) is 1. The minimum absolute atomic E-state index is 0.00736. The van der Waals surface area contributed by atoms with Gasteiger partial charge in [-0.05, 0) is 52.5 Å². The Morgan fingerprint density at radius 1 is 1.29 bits per heavy atom. The number of hydrogen-bond acceptors (Lipinski definition) is 3. The molecule has 0 amide bonds. The molecule has 0 spiro atoms. The highest BCUT2D eigenvalue weighted by Crippen LogP contribution is 2.19. The van der Waals surface area contributed by atoms with Crippen LogP contribution in [0.25, 0.3) is 10.9 Å². The fourth-order valence-electron chi connectivity index (χ4n) is 2.40. The molecular weight excluding hydrogens is 286 g/mol. The summed E-state index contributed by atoms with van der Waals surface area (Å²) in [5.74, 6) is 0.658. The minimum atomic E-state index is -0.281. The van der Waals surface area contributed by atoms with E-state index in [1.165, 1.54) is 0 Å². The molecule has 2 aromatic rings. The van der Waals surface area contributed by atoms with Crippen LogP contribution in [0.2, 0.25) is 0 Å². The molecule has 0 aliphatic heterocycles. The predicted molar refractivity (Wildman–Crippen MR) is 88.1 cm³/mol. The molecule has 2 rings (SSSR count). The van der Waals surface area contributed by atoms with Crippen LogP contribution in [-0.4, -0.2) is 35.1 Å². The van der Waals surface area contributed by atoms with Gasteiger partial charge in [0.25, 0.3) is 5.56 Å². The molecule has 0 saturated carbocycles. The number of benzene rings is 1. The largest absolute Gasteiger partial charge is 0.309 e. The Hall–Kier alpha value is -1.39. The van der Waals surface area contributed by atoms with E-state index in [-0.39, 0.29) is 10.9 Å². The normalized spacial score (nSPS) is 13.0. The van der Waals surface area contributed by atoms with Gasteiger partial charge >= 0.3 is 0 Å². The van der Waals surface area contributed by atoms with E-state index in [9.17, 15) is 4.79 Å². The molecular formula is C16H22ClN3O. The number of para-hydroxylation sites is 1. The maximum atomic E-state index is 12.6. The number of alkyl halides is 1. The standard InChI is InChI=1S/C16H22ClN3O/c1-12(17)15-18-14-9-5-4-8-13(14)16(21)20(15)11-7-6-10-19(2)3/h4-5,8-9,12H,6-7,10-11H2,1-3H3. The molecule has 1 aromatic heterocycles. The van der Waals surface area contributed by atoms with Crippen molar-refractivity contribution in [2.45, 2.75) is 31.7 Å². The second-order valence-electron chi connectivity index (χ2n) is 5.57. The van der Waals surface area contributed by atoms with E-state index in [1.54, 1.807) is 4.57 Å². The van der Waals surface area contributed by atoms with E-state index in [4.69, 9.17) is 11.6 Å². The van der Waals surface area contributed by atoms with Gasteiger partial charge in [0.2, 0.25) is 0 Å². The summed E-state index contributed by atoms with van der Waals surface area (Å²) in [6, 6.07) is 7.43. The number of rotatable bonds is 6. The Kier molecular flexibility index (Phi) is 5.37. The van der Waals surface area contributed by atoms with Crippen molar-refractivity contribution in [1.82, 2.24) is 14.5 Å². The molecule has 0 bridgehead atoms. The van der Waals surface area contributed by atoms with E-state index in [1.807, 2.05) is 31.2 Å². The highest BCUT2D eigenvalue weighted by Gasteiger charge is 2.14. The molecule has 5 heteroatoms. The number of hydrogen-bond donors (Lipinski definition) is 0. The zero-order valence-electron chi connectivity index (χ0n) is 12.8. The Morgan fingerprint density at radius 3 is 2.67 bits per heavy atom. The first-order valence-electron chi connectivity index (χ1n) is 7.29. The summed E-state index contributed by atoms with van der Waals surface area (Å²) in [5.41, 5.74) is 0.725. The molecule has 114 valence electrons. The van der Waals surface area contributed by atoms with Crippen LogP contribution in [0.15, 0.2) is 29.1 Å². The number of nitrogens with zero attached hydrogens (tertiary/aromatic N) is 3. The lowest BCUT2D eigenvalue weighted by Gasteiger charge is -2.15. The molecule has 21 heavy (non-hydrogen) atoms. The van der Waals surface area contributed by atoms with E-state index >= 15 is 0 Å². The number of halogens is 1. The first kappa shape index (κ1) is 16.0. The molecule has 0 radical (unpaired) electrons. The number of aromatic nitrogens is 2. The van der Waals surface area contributed by atoms with Gasteiger partial charge in [0.05, 0.1) is 16.3 Å². The second-order valence-corrected chi connectivity index (χ2v) is 6.22. The quantitative estimate of drug-likeness (QED) is 0.608. The number of fused-ring (bicyclic) bond motifs is 1. The Balaban J connectivity index is 2.33. The van der Waals surface area contributed by atoms with Gasteiger partial charge in [-0.25, -0.2) is 4.98 Å². The van der Waals surface area contributed by atoms with Gasteiger partial charge in [0.15, 0.2) is 0 Å². The van der Waals surface area contributed by atoms with Crippen LogP contribution in [-0.2, 0) is 6.54 Å². The van der Waals surface area contributed by atoms with Gasteiger partial charge in [-0.2, -0.15) is 0 Å². The van der Waals surface area contributed by atoms with E-state index in [0.717, 1.165) is 24.9 Å². The maximum Gasteiger partial charge on any atom is 0.261 e. The van der Waals surface area contributed by atoms with Crippen LogP contribution in [0.3, 0.4) is 0 Å². The van der Waals surface area contributed by atoms with Gasteiger partial charge in [-0.1, -0.05) is 12.1 Å². The van der Waals surface area contributed by atoms with Crippen molar-refractivity contribution in [3.05, 3.63) is 40.4 Å². The first-order valence-corrected chi connectivity index (χ1v) is 7.72. The van der Waals surface area contributed by atoms with Crippen LogP contribution in [0.5, 0.6) is 0 Å². The lowest BCUT2D eigenvalue weighted by molar-refractivity contribution is 0.385. The molecule has 0 fully saturated rings. The monoisotopic (exact) mass is 307 g/mol. The molecule has 0 aliphatic rings. The third-order valence-corrected chi connectivity index (χ3v) is 3.68.